The zero-order valence-electron chi connectivity index (χ0n) is 11.4. The minimum absolute atomic E-state index is 0.161. The van der Waals surface area contributed by atoms with Gasteiger partial charge in [-0.25, -0.2) is 9.47 Å². The lowest BCUT2D eigenvalue weighted by Gasteiger charge is -2.16. The van der Waals surface area contributed by atoms with Crippen molar-refractivity contribution in [3.05, 3.63) is 33.2 Å². The van der Waals surface area contributed by atoms with E-state index in [-0.39, 0.29) is 11.5 Å². The second-order valence-electron chi connectivity index (χ2n) is 4.09. The van der Waals surface area contributed by atoms with E-state index < -0.39 is 0 Å². The Labute approximate surface area is 107 Å². The number of aryl methyl sites for hydroxylation is 1. The average Bonchev–Trinajstić information content (AvgIpc) is 2.28. The number of pyridine rings is 1. The summed E-state index contributed by atoms with van der Waals surface area (Å²) in [6.07, 6.45) is 0.897. The number of nitrogens with zero attached hydrogens (tertiary/aromatic N) is 1. The lowest BCUT2D eigenvalue weighted by atomic mass is 10.1. The minimum Gasteiger partial charge on any atom is -0.462 e. The molecule has 0 aliphatic rings. The lowest BCUT2D eigenvalue weighted by Crippen LogP contribution is -2.33. The number of carbonyl (C=O) groups is 1. The van der Waals surface area contributed by atoms with E-state index in [9.17, 15) is 9.59 Å². The molecule has 0 bridgehead atoms. The van der Waals surface area contributed by atoms with Crippen molar-refractivity contribution in [1.29, 1.82) is 0 Å². The smallest absolute Gasteiger partial charge is 0.340 e. The maximum absolute atomic E-state index is 11.9. The molecular weight excluding hydrogens is 232 g/mol. The molecule has 1 heterocycles. The van der Waals surface area contributed by atoms with Crippen LogP contribution in [0.4, 0.5) is 0 Å². The van der Waals surface area contributed by atoms with Gasteiger partial charge < -0.3 is 10.2 Å². The molecule has 0 aromatic carbocycles. The molecule has 0 fully saturated rings. The Morgan fingerprint density at radius 2 is 2.06 bits per heavy atom. The highest BCUT2D eigenvalue weighted by Gasteiger charge is 2.17. The van der Waals surface area contributed by atoms with E-state index in [2.05, 4.69) is 5.43 Å². The van der Waals surface area contributed by atoms with Gasteiger partial charge in [-0.2, -0.15) is 0 Å². The fraction of sp³-hybridized carbons (Fsp3) is 0.538. The van der Waals surface area contributed by atoms with Crippen molar-refractivity contribution < 1.29 is 9.53 Å². The molecule has 100 valence electrons. The molecule has 0 aliphatic carbocycles. The molecule has 0 unspecified atom stereocenters. The van der Waals surface area contributed by atoms with Gasteiger partial charge in [-0.3, -0.25) is 4.79 Å². The molecule has 0 amide bonds. The van der Waals surface area contributed by atoms with Gasteiger partial charge in [-0.1, -0.05) is 6.92 Å². The predicted molar refractivity (Wildman–Crippen MR) is 70.7 cm³/mol. The van der Waals surface area contributed by atoms with Crippen LogP contribution in [0.5, 0.6) is 0 Å². The second kappa shape index (κ2) is 6.23. The summed E-state index contributed by atoms with van der Waals surface area (Å²) < 4.78 is 6.41. The Balaban J connectivity index is 3.26. The Morgan fingerprint density at radius 1 is 1.39 bits per heavy atom. The van der Waals surface area contributed by atoms with Crippen LogP contribution in [-0.2, 0) is 4.74 Å². The summed E-state index contributed by atoms with van der Waals surface area (Å²) >= 11 is 0. The van der Waals surface area contributed by atoms with Crippen molar-refractivity contribution in [3.8, 4) is 0 Å². The molecule has 5 nitrogen and oxygen atoms in total. The molecule has 1 aromatic rings. The molecule has 18 heavy (non-hydrogen) atoms. The van der Waals surface area contributed by atoms with E-state index in [0.29, 0.717) is 30.0 Å². The van der Waals surface area contributed by atoms with E-state index in [0.717, 1.165) is 6.42 Å². The zero-order chi connectivity index (χ0) is 13.7. The SMILES string of the molecule is CCCNn1c(C)c(C(=O)OCC)c(C)cc1=O. The van der Waals surface area contributed by atoms with Crippen LogP contribution in [0.25, 0.3) is 0 Å². The fourth-order valence-corrected chi connectivity index (χ4v) is 1.82. The first-order valence-electron chi connectivity index (χ1n) is 6.17. The van der Waals surface area contributed by atoms with Crippen molar-refractivity contribution in [2.24, 2.45) is 0 Å². The van der Waals surface area contributed by atoms with Crippen LogP contribution in [0.15, 0.2) is 10.9 Å². The van der Waals surface area contributed by atoms with E-state index in [4.69, 9.17) is 4.74 Å². The van der Waals surface area contributed by atoms with Gasteiger partial charge in [0.2, 0.25) is 0 Å². The highest BCUT2D eigenvalue weighted by molar-refractivity contribution is 5.92. The van der Waals surface area contributed by atoms with Crippen molar-refractivity contribution >= 4 is 5.97 Å². The average molecular weight is 252 g/mol. The van der Waals surface area contributed by atoms with Crippen LogP contribution in [0.1, 0.15) is 41.9 Å². The van der Waals surface area contributed by atoms with Gasteiger partial charge in [0.05, 0.1) is 17.9 Å². The second-order valence-corrected chi connectivity index (χ2v) is 4.09. The van der Waals surface area contributed by atoms with Gasteiger partial charge in [-0.05, 0) is 32.8 Å². The number of nitrogens with one attached hydrogen (secondary N) is 1. The van der Waals surface area contributed by atoms with Crippen LogP contribution in [0.2, 0.25) is 0 Å². The number of hydrogen-bond donors (Lipinski definition) is 1. The van der Waals surface area contributed by atoms with Gasteiger partial charge >= 0.3 is 5.97 Å². The monoisotopic (exact) mass is 252 g/mol. The number of hydrogen-bond acceptors (Lipinski definition) is 4. The summed E-state index contributed by atoms with van der Waals surface area (Å²) in [6, 6.07) is 1.45. The molecule has 0 atom stereocenters. The number of carbonyl (C=O) groups excluding carboxylic acids is 1. The minimum atomic E-state index is -0.389. The normalized spacial score (nSPS) is 10.2. The van der Waals surface area contributed by atoms with Crippen LogP contribution in [0.3, 0.4) is 0 Å². The largest absolute Gasteiger partial charge is 0.462 e. The van der Waals surface area contributed by atoms with Gasteiger partial charge in [0.25, 0.3) is 5.56 Å². The van der Waals surface area contributed by atoms with Gasteiger partial charge in [-0.15, -0.1) is 0 Å². The van der Waals surface area contributed by atoms with Crippen molar-refractivity contribution in [1.82, 2.24) is 4.68 Å². The van der Waals surface area contributed by atoms with E-state index in [1.165, 1.54) is 10.7 Å². The maximum atomic E-state index is 11.9. The quantitative estimate of drug-likeness (QED) is 0.808. The molecule has 0 spiro atoms. The molecule has 0 radical (unpaired) electrons. The molecular formula is C13H20N2O3. The van der Waals surface area contributed by atoms with E-state index in [1.807, 2.05) is 6.92 Å². The third-order valence-electron chi connectivity index (χ3n) is 2.65. The first-order valence-corrected chi connectivity index (χ1v) is 6.17. The summed E-state index contributed by atoms with van der Waals surface area (Å²) in [6.45, 7) is 8.24. The Hall–Kier alpha value is -1.78. The van der Waals surface area contributed by atoms with Crippen LogP contribution in [0, 0.1) is 13.8 Å². The first-order chi connectivity index (χ1) is 8.52. The number of ether oxygens (including phenoxy) is 1. The van der Waals surface area contributed by atoms with E-state index >= 15 is 0 Å². The van der Waals surface area contributed by atoms with Gasteiger partial charge in [0.1, 0.15) is 0 Å². The third-order valence-corrected chi connectivity index (χ3v) is 2.65. The molecule has 1 aromatic heterocycles. The first kappa shape index (κ1) is 14.3. The van der Waals surface area contributed by atoms with Gasteiger partial charge in [0.15, 0.2) is 0 Å². The highest BCUT2D eigenvalue weighted by Crippen LogP contribution is 2.12. The van der Waals surface area contributed by atoms with Crippen molar-refractivity contribution in [2.75, 3.05) is 18.6 Å². The standard InChI is InChI=1S/C13H20N2O3/c1-5-7-14-15-10(4)12(13(17)18-6-2)9(3)8-11(15)16/h8,14H,5-7H2,1-4H3. The molecule has 0 saturated heterocycles. The molecule has 1 rings (SSSR count). The van der Waals surface area contributed by atoms with Crippen molar-refractivity contribution in [2.45, 2.75) is 34.1 Å². The topological polar surface area (TPSA) is 60.3 Å². The number of esters is 1. The molecule has 0 aliphatic heterocycles. The number of aromatic nitrogens is 1. The maximum Gasteiger partial charge on any atom is 0.340 e. The highest BCUT2D eigenvalue weighted by atomic mass is 16.5. The Kier molecular flexibility index (Phi) is 4.95. The summed E-state index contributed by atoms with van der Waals surface area (Å²) in [5, 5.41) is 0. The lowest BCUT2D eigenvalue weighted by molar-refractivity contribution is 0.0523. The summed E-state index contributed by atoms with van der Waals surface area (Å²) in [5.41, 5.74) is 4.52. The fourth-order valence-electron chi connectivity index (χ4n) is 1.82. The van der Waals surface area contributed by atoms with Crippen LogP contribution in [-0.4, -0.2) is 23.8 Å². The summed E-state index contributed by atoms with van der Waals surface area (Å²) in [4.78, 5) is 23.7. The zero-order valence-corrected chi connectivity index (χ0v) is 11.4. The van der Waals surface area contributed by atoms with Crippen molar-refractivity contribution in [3.63, 3.8) is 0 Å². The predicted octanol–water partition coefficient (Wildman–Crippen LogP) is 1.60. The molecule has 0 saturated carbocycles. The molecule has 1 N–H and O–H groups in total. The van der Waals surface area contributed by atoms with Gasteiger partial charge in [0, 0.05) is 12.6 Å². The Bertz CT molecular complexity index is 492. The van der Waals surface area contributed by atoms with E-state index in [1.54, 1.807) is 20.8 Å². The third kappa shape index (κ3) is 2.91. The summed E-state index contributed by atoms with van der Waals surface area (Å²) in [7, 11) is 0. The number of rotatable bonds is 5. The molecule has 5 heteroatoms. The summed E-state index contributed by atoms with van der Waals surface area (Å²) in [5.74, 6) is -0.389. The van der Waals surface area contributed by atoms with Crippen LogP contribution >= 0.6 is 0 Å². The van der Waals surface area contributed by atoms with Crippen LogP contribution < -0.4 is 11.0 Å². The Morgan fingerprint density at radius 3 is 2.61 bits per heavy atom.